The summed E-state index contributed by atoms with van der Waals surface area (Å²) in [6.07, 6.45) is 1.31. The van der Waals surface area contributed by atoms with Crippen LogP contribution in [0.25, 0.3) is 11.4 Å². The number of aromatic nitrogens is 2. The number of hydrogen-bond donors (Lipinski definition) is 1. The molecule has 1 amide bonds. The molecule has 6 nitrogen and oxygen atoms in total. The summed E-state index contributed by atoms with van der Waals surface area (Å²) < 4.78 is 4.92. The minimum atomic E-state index is -0.716. The Morgan fingerprint density at radius 3 is 2.19 bits per heavy atom. The minimum absolute atomic E-state index is 0.0869. The zero-order valence-corrected chi connectivity index (χ0v) is 15.7. The molecule has 0 atom stereocenters. The van der Waals surface area contributed by atoms with E-state index in [0.717, 1.165) is 0 Å². The van der Waals surface area contributed by atoms with Crippen LogP contribution >= 0.6 is 46.4 Å². The van der Waals surface area contributed by atoms with Crippen LogP contribution < -0.4 is 5.43 Å². The molecule has 3 rings (SSSR count). The first-order valence-corrected chi connectivity index (χ1v) is 8.54. The lowest BCUT2D eigenvalue weighted by atomic mass is 10.2. The maximum absolute atomic E-state index is 12.1. The van der Waals surface area contributed by atoms with E-state index in [1.165, 1.54) is 6.21 Å². The van der Waals surface area contributed by atoms with E-state index in [0.29, 0.717) is 31.2 Å². The van der Waals surface area contributed by atoms with Crippen LogP contribution in [-0.2, 0) is 0 Å². The number of hydrogen-bond acceptors (Lipinski definition) is 5. The molecule has 1 heterocycles. The van der Waals surface area contributed by atoms with Crippen LogP contribution in [0.4, 0.5) is 0 Å². The minimum Gasteiger partial charge on any atom is -0.328 e. The number of nitrogens with one attached hydrogen (secondary N) is 1. The molecule has 0 bridgehead atoms. The summed E-state index contributed by atoms with van der Waals surface area (Å²) in [5, 5.41) is 8.94. The van der Waals surface area contributed by atoms with Crippen LogP contribution in [0.2, 0.25) is 20.1 Å². The standard InChI is InChI=1S/C16H8Cl4N4O2/c17-9-3-1-4-10(18)8(9)7-21-23-15(25)16-22-14(24-26-16)13-11(19)5-2-6-12(13)20/h1-7H,(H,23,25). The van der Waals surface area contributed by atoms with Crippen LogP contribution in [0.3, 0.4) is 0 Å². The molecule has 1 N–H and O–H groups in total. The van der Waals surface area contributed by atoms with Gasteiger partial charge in [0.25, 0.3) is 0 Å². The molecule has 0 fully saturated rings. The first-order valence-electron chi connectivity index (χ1n) is 7.03. The predicted molar refractivity (Wildman–Crippen MR) is 101 cm³/mol. The fourth-order valence-corrected chi connectivity index (χ4v) is 3.03. The van der Waals surface area contributed by atoms with Crippen molar-refractivity contribution in [3.8, 4) is 11.4 Å². The van der Waals surface area contributed by atoms with Crippen molar-refractivity contribution in [2.45, 2.75) is 0 Å². The quantitative estimate of drug-likeness (QED) is 0.461. The average molecular weight is 430 g/mol. The molecular formula is C16H8Cl4N4O2. The van der Waals surface area contributed by atoms with Gasteiger partial charge in [-0.3, -0.25) is 4.79 Å². The van der Waals surface area contributed by atoms with Crippen molar-refractivity contribution < 1.29 is 9.32 Å². The van der Waals surface area contributed by atoms with E-state index in [2.05, 4.69) is 20.7 Å². The molecule has 0 aliphatic heterocycles. The summed E-state index contributed by atoms with van der Waals surface area (Å²) in [5.41, 5.74) is 3.08. The average Bonchev–Trinajstić information content (AvgIpc) is 3.07. The van der Waals surface area contributed by atoms with E-state index in [1.807, 2.05) is 0 Å². The van der Waals surface area contributed by atoms with Crippen molar-refractivity contribution in [3.05, 3.63) is 67.9 Å². The third-order valence-electron chi connectivity index (χ3n) is 3.17. The fraction of sp³-hybridized carbons (Fsp3) is 0. The molecule has 0 radical (unpaired) electrons. The molecule has 132 valence electrons. The van der Waals surface area contributed by atoms with Crippen LogP contribution in [0.1, 0.15) is 16.2 Å². The third-order valence-corrected chi connectivity index (χ3v) is 4.46. The second-order valence-corrected chi connectivity index (χ2v) is 6.48. The Balaban J connectivity index is 1.76. The van der Waals surface area contributed by atoms with Gasteiger partial charge < -0.3 is 4.52 Å². The molecule has 0 aliphatic carbocycles. The Hall–Kier alpha value is -2.12. The monoisotopic (exact) mass is 428 g/mol. The largest absolute Gasteiger partial charge is 0.329 e. The van der Waals surface area contributed by atoms with Gasteiger partial charge >= 0.3 is 11.8 Å². The molecule has 0 unspecified atom stereocenters. The number of amides is 1. The summed E-state index contributed by atoms with van der Waals surface area (Å²) in [6, 6.07) is 9.91. The highest BCUT2D eigenvalue weighted by Gasteiger charge is 2.19. The molecule has 0 spiro atoms. The number of carbonyl (C=O) groups excluding carboxylic acids is 1. The highest BCUT2D eigenvalue weighted by Crippen LogP contribution is 2.32. The zero-order chi connectivity index (χ0) is 18.7. The van der Waals surface area contributed by atoms with Crippen LogP contribution in [0.15, 0.2) is 46.0 Å². The number of rotatable bonds is 4. The van der Waals surface area contributed by atoms with Gasteiger partial charge in [0.1, 0.15) is 0 Å². The Morgan fingerprint density at radius 1 is 1.00 bits per heavy atom. The van der Waals surface area contributed by atoms with Gasteiger partial charge in [0.2, 0.25) is 5.82 Å². The highest BCUT2D eigenvalue weighted by atomic mass is 35.5. The Bertz CT molecular complexity index is 963. The molecule has 3 aromatic rings. The number of halogens is 4. The lowest BCUT2D eigenvalue weighted by molar-refractivity contribution is 0.0911. The van der Waals surface area contributed by atoms with Crippen molar-refractivity contribution in [2.24, 2.45) is 5.10 Å². The van der Waals surface area contributed by atoms with E-state index < -0.39 is 5.91 Å². The summed E-state index contributed by atoms with van der Waals surface area (Å²) in [6.45, 7) is 0. The van der Waals surface area contributed by atoms with E-state index in [4.69, 9.17) is 50.9 Å². The van der Waals surface area contributed by atoms with Gasteiger partial charge in [-0.1, -0.05) is 63.7 Å². The van der Waals surface area contributed by atoms with Crippen molar-refractivity contribution in [1.29, 1.82) is 0 Å². The van der Waals surface area contributed by atoms with E-state index in [1.54, 1.807) is 36.4 Å². The second-order valence-electron chi connectivity index (χ2n) is 4.85. The second kappa shape index (κ2) is 8.05. The normalized spacial score (nSPS) is 11.1. The van der Waals surface area contributed by atoms with Gasteiger partial charge in [-0.25, -0.2) is 5.43 Å². The lowest BCUT2D eigenvalue weighted by Crippen LogP contribution is -2.18. The van der Waals surface area contributed by atoms with Gasteiger partial charge in [-0.05, 0) is 24.3 Å². The Morgan fingerprint density at radius 2 is 1.58 bits per heavy atom. The summed E-state index contributed by atoms with van der Waals surface area (Å²) in [4.78, 5) is 16.0. The number of nitrogens with zero attached hydrogens (tertiary/aromatic N) is 3. The molecule has 2 aromatic carbocycles. The van der Waals surface area contributed by atoms with Crippen molar-refractivity contribution >= 4 is 58.5 Å². The highest BCUT2D eigenvalue weighted by molar-refractivity contribution is 6.39. The molecule has 0 saturated carbocycles. The Kier molecular flexibility index (Phi) is 5.78. The van der Waals surface area contributed by atoms with Crippen LogP contribution in [-0.4, -0.2) is 22.3 Å². The predicted octanol–water partition coefficient (Wildman–Crippen LogP) is 5.11. The van der Waals surface area contributed by atoms with E-state index in [-0.39, 0.29) is 11.7 Å². The maximum atomic E-state index is 12.1. The van der Waals surface area contributed by atoms with Crippen LogP contribution in [0.5, 0.6) is 0 Å². The zero-order valence-electron chi connectivity index (χ0n) is 12.7. The molecule has 26 heavy (non-hydrogen) atoms. The lowest BCUT2D eigenvalue weighted by Gasteiger charge is -2.00. The summed E-state index contributed by atoms with van der Waals surface area (Å²) >= 11 is 24.2. The number of hydrazone groups is 1. The maximum Gasteiger partial charge on any atom is 0.329 e. The first-order chi connectivity index (χ1) is 12.5. The molecule has 0 saturated heterocycles. The van der Waals surface area contributed by atoms with Crippen molar-refractivity contribution in [1.82, 2.24) is 15.6 Å². The number of benzene rings is 2. The van der Waals surface area contributed by atoms with Crippen molar-refractivity contribution in [2.75, 3.05) is 0 Å². The van der Waals surface area contributed by atoms with Gasteiger partial charge in [-0.15, -0.1) is 0 Å². The first kappa shape index (κ1) is 18.7. The molecular weight excluding hydrogens is 422 g/mol. The van der Waals surface area contributed by atoms with Gasteiger partial charge in [0.05, 0.1) is 31.9 Å². The molecule has 1 aromatic heterocycles. The van der Waals surface area contributed by atoms with E-state index in [9.17, 15) is 4.79 Å². The summed E-state index contributed by atoms with van der Waals surface area (Å²) in [5.74, 6) is -0.936. The third kappa shape index (κ3) is 3.99. The fourth-order valence-electron chi connectivity index (χ4n) is 1.97. The van der Waals surface area contributed by atoms with E-state index >= 15 is 0 Å². The van der Waals surface area contributed by atoms with Gasteiger partial charge in [0, 0.05) is 5.56 Å². The Labute approximate surface area is 167 Å². The topological polar surface area (TPSA) is 80.4 Å². The van der Waals surface area contributed by atoms with Gasteiger partial charge in [0.15, 0.2) is 0 Å². The van der Waals surface area contributed by atoms with Gasteiger partial charge in [-0.2, -0.15) is 10.1 Å². The molecule has 0 aliphatic rings. The summed E-state index contributed by atoms with van der Waals surface area (Å²) in [7, 11) is 0. The SMILES string of the molecule is O=C(NN=Cc1c(Cl)cccc1Cl)c1nc(-c2c(Cl)cccc2Cl)no1. The smallest absolute Gasteiger partial charge is 0.328 e. The van der Waals surface area contributed by atoms with Crippen molar-refractivity contribution in [3.63, 3.8) is 0 Å². The number of carbonyl (C=O) groups is 1. The molecule has 10 heteroatoms. The van der Waals surface area contributed by atoms with Crippen LogP contribution in [0, 0.1) is 0 Å².